The molecule has 3 N–H and O–H groups in total. The average Bonchev–Trinajstić information content (AvgIpc) is 2.94. The molecule has 2 aromatic rings. The van der Waals surface area contributed by atoms with Gasteiger partial charge in [-0.15, -0.1) is 11.3 Å². The first kappa shape index (κ1) is 15.4. The lowest BCUT2D eigenvalue weighted by atomic mass is 10.1. The Bertz CT molecular complexity index is 552. The van der Waals surface area contributed by atoms with E-state index in [1.807, 2.05) is 30.5 Å². The number of carbonyl (C=O) groups excluding carboxylic acids is 1. The van der Waals surface area contributed by atoms with E-state index in [0.29, 0.717) is 6.54 Å². The predicted octanol–water partition coefficient (Wildman–Crippen LogP) is 2.93. The largest absolute Gasteiger partial charge is 0.508 e. The Morgan fingerprint density at radius 3 is 2.71 bits per heavy atom. The van der Waals surface area contributed by atoms with E-state index in [9.17, 15) is 9.90 Å². The molecule has 0 fully saturated rings. The lowest BCUT2D eigenvalue weighted by molar-refractivity contribution is 0.238. The quantitative estimate of drug-likeness (QED) is 0.768. The van der Waals surface area contributed by atoms with Gasteiger partial charge in [0.2, 0.25) is 0 Å². The zero-order valence-electron chi connectivity index (χ0n) is 12.0. The molecule has 4 nitrogen and oxygen atoms in total. The Kier molecular flexibility index (Phi) is 5.63. The van der Waals surface area contributed by atoms with Crippen molar-refractivity contribution in [2.75, 3.05) is 6.54 Å². The van der Waals surface area contributed by atoms with Crippen LogP contribution < -0.4 is 10.6 Å². The van der Waals surface area contributed by atoms with E-state index in [4.69, 9.17) is 0 Å². The van der Waals surface area contributed by atoms with Gasteiger partial charge >= 0.3 is 6.03 Å². The molecule has 1 atom stereocenters. The Hall–Kier alpha value is -2.01. The van der Waals surface area contributed by atoms with Crippen LogP contribution in [-0.2, 0) is 12.8 Å². The second kappa shape index (κ2) is 7.69. The molecule has 2 rings (SSSR count). The molecule has 0 saturated heterocycles. The monoisotopic (exact) mass is 304 g/mol. The zero-order valence-corrected chi connectivity index (χ0v) is 12.8. The summed E-state index contributed by atoms with van der Waals surface area (Å²) in [5, 5.41) is 17.0. The number of hydrogen-bond donors (Lipinski definition) is 3. The fraction of sp³-hybridized carbons (Fsp3) is 0.312. The number of amides is 2. The number of rotatable bonds is 6. The summed E-state index contributed by atoms with van der Waals surface area (Å²) in [4.78, 5) is 13.0. The maximum Gasteiger partial charge on any atom is 0.315 e. The normalized spacial score (nSPS) is 11.9. The Morgan fingerprint density at radius 1 is 1.29 bits per heavy atom. The van der Waals surface area contributed by atoms with Gasteiger partial charge in [0.15, 0.2) is 0 Å². The van der Waals surface area contributed by atoms with E-state index in [1.165, 1.54) is 4.88 Å². The Labute approximate surface area is 128 Å². The third-order valence-electron chi connectivity index (χ3n) is 3.09. The highest BCUT2D eigenvalue weighted by molar-refractivity contribution is 7.09. The number of benzene rings is 1. The van der Waals surface area contributed by atoms with Crippen molar-refractivity contribution in [3.05, 3.63) is 52.2 Å². The van der Waals surface area contributed by atoms with Gasteiger partial charge < -0.3 is 15.7 Å². The van der Waals surface area contributed by atoms with Crippen LogP contribution in [0.4, 0.5) is 4.79 Å². The number of urea groups is 1. The molecular weight excluding hydrogens is 284 g/mol. The van der Waals surface area contributed by atoms with Crippen molar-refractivity contribution >= 4 is 17.4 Å². The van der Waals surface area contributed by atoms with Crippen molar-refractivity contribution in [3.63, 3.8) is 0 Å². The molecule has 2 amide bonds. The smallest absolute Gasteiger partial charge is 0.315 e. The lowest BCUT2D eigenvalue weighted by Crippen LogP contribution is -2.42. The lowest BCUT2D eigenvalue weighted by Gasteiger charge is -2.14. The third kappa shape index (κ3) is 5.47. The van der Waals surface area contributed by atoms with Crippen molar-refractivity contribution in [3.8, 4) is 5.75 Å². The van der Waals surface area contributed by atoms with Crippen LogP contribution in [0.5, 0.6) is 5.75 Å². The zero-order chi connectivity index (χ0) is 15.1. The molecule has 112 valence electrons. The summed E-state index contributed by atoms with van der Waals surface area (Å²) in [5.74, 6) is 0.255. The van der Waals surface area contributed by atoms with E-state index in [2.05, 4.69) is 16.7 Å². The van der Waals surface area contributed by atoms with Gasteiger partial charge in [0, 0.05) is 17.5 Å². The van der Waals surface area contributed by atoms with E-state index in [1.54, 1.807) is 23.5 Å². The van der Waals surface area contributed by atoms with Crippen LogP contribution in [0.3, 0.4) is 0 Å². The fourth-order valence-electron chi connectivity index (χ4n) is 2.07. The molecule has 1 heterocycles. The van der Waals surface area contributed by atoms with Crippen LogP contribution in [0.1, 0.15) is 17.4 Å². The molecule has 0 aliphatic heterocycles. The number of hydrogen-bond acceptors (Lipinski definition) is 3. The fourth-order valence-corrected chi connectivity index (χ4v) is 2.77. The summed E-state index contributed by atoms with van der Waals surface area (Å²) in [7, 11) is 0. The van der Waals surface area contributed by atoms with Crippen LogP contribution in [0, 0.1) is 0 Å². The highest BCUT2D eigenvalue weighted by atomic mass is 32.1. The number of thiophene rings is 1. The van der Waals surface area contributed by atoms with Crippen molar-refractivity contribution in [1.29, 1.82) is 0 Å². The number of phenols is 1. The average molecular weight is 304 g/mol. The maximum absolute atomic E-state index is 11.8. The second-order valence-electron chi connectivity index (χ2n) is 5.00. The topological polar surface area (TPSA) is 61.4 Å². The summed E-state index contributed by atoms with van der Waals surface area (Å²) in [6.45, 7) is 2.60. The summed E-state index contributed by atoms with van der Waals surface area (Å²) in [6, 6.07) is 11.0. The Morgan fingerprint density at radius 2 is 2.05 bits per heavy atom. The molecule has 1 aromatic carbocycles. The first-order chi connectivity index (χ1) is 10.1. The molecule has 21 heavy (non-hydrogen) atoms. The van der Waals surface area contributed by atoms with Crippen LogP contribution in [0.25, 0.3) is 0 Å². The third-order valence-corrected chi connectivity index (χ3v) is 4.03. The molecular formula is C16H20N2O2S. The van der Waals surface area contributed by atoms with Gasteiger partial charge in [-0.3, -0.25) is 0 Å². The molecule has 5 heteroatoms. The standard InChI is InChI=1S/C16H20N2O2S/c1-12(11-13-4-6-14(19)7-5-13)18-16(20)17-9-8-15-3-2-10-21-15/h2-7,10,12,19H,8-9,11H2,1H3,(H2,17,18,20)/t12-/m1/s1. The first-order valence-corrected chi connectivity index (χ1v) is 7.86. The summed E-state index contributed by atoms with van der Waals surface area (Å²) >= 11 is 1.70. The first-order valence-electron chi connectivity index (χ1n) is 6.98. The van der Waals surface area contributed by atoms with Gasteiger partial charge in [-0.25, -0.2) is 4.79 Å². The summed E-state index contributed by atoms with van der Waals surface area (Å²) in [5.41, 5.74) is 1.08. The predicted molar refractivity (Wildman–Crippen MR) is 85.8 cm³/mol. The van der Waals surface area contributed by atoms with Crippen molar-refractivity contribution < 1.29 is 9.90 Å². The highest BCUT2D eigenvalue weighted by Crippen LogP contribution is 2.11. The minimum absolute atomic E-state index is 0.0382. The Balaban J connectivity index is 1.68. The van der Waals surface area contributed by atoms with Crippen molar-refractivity contribution in [2.24, 2.45) is 0 Å². The van der Waals surface area contributed by atoms with Gasteiger partial charge in [0.05, 0.1) is 0 Å². The van der Waals surface area contributed by atoms with Gasteiger partial charge in [-0.2, -0.15) is 0 Å². The highest BCUT2D eigenvalue weighted by Gasteiger charge is 2.07. The summed E-state index contributed by atoms with van der Waals surface area (Å²) < 4.78 is 0. The summed E-state index contributed by atoms with van der Waals surface area (Å²) in [6.07, 6.45) is 1.59. The van der Waals surface area contributed by atoms with Gasteiger partial charge in [0.1, 0.15) is 5.75 Å². The molecule has 0 spiro atoms. The number of phenolic OH excluding ortho intramolecular Hbond substituents is 1. The van der Waals surface area contributed by atoms with Gasteiger partial charge in [-0.05, 0) is 48.9 Å². The van der Waals surface area contributed by atoms with Crippen LogP contribution in [0.15, 0.2) is 41.8 Å². The van der Waals surface area contributed by atoms with E-state index in [0.717, 1.165) is 18.4 Å². The maximum atomic E-state index is 11.8. The molecule has 0 aliphatic rings. The SMILES string of the molecule is C[C@H](Cc1ccc(O)cc1)NC(=O)NCCc1cccs1. The second-order valence-corrected chi connectivity index (χ2v) is 6.03. The minimum Gasteiger partial charge on any atom is -0.508 e. The molecule has 0 aliphatic carbocycles. The van der Waals surface area contributed by atoms with Crippen molar-refractivity contribution in [2.45, 2.75) is 25.8 Å². The molecule has 0 radical (unpaired) electrons. The minimum atomic E-state index is -0.141. The van der Waals surface area contributed by atoms with Crippen molar-refractivity contribution in [1.82, 2.24) is 10.6 Å². The van der Waals surface area contributed by atoms with Crippen LogP contribution in [-0.4, -0.2) is 23.7 Å². The number of nitrogens with one attached hydrogen (secondary N) is 2. The molecule has 0 bridgehead atoms. The number of carbonyl (C=O) groups is 1. The molecule has 0 unspecified atom stereocenters. The molecule has 0 saturated carbocycles. The van der Waals surface area contributed by atoms with Crippen LogP contribution in [0.2, 0.25) is 0 Å². The molecule has 1 aromatic heterocycles. The van der Waals surface area contributed by atoms with E-state index in [-0.39, 0.29) is 17.8 Å². The van der Waals surface area contributed by atoms with E-state index < -0.39 is 0 Å². The number of aromatic hydroxyl groups is 1. The van der Waals surface area contributed by atoms with Crippen LogP contribution >= 0.6 is 11.3 Å². The van der Waals surface area contributed by atoms with Gasteiger partial charge in [-0.1, -0.05) is 18.2 Å². The van der Waals surface area contributed by atoms with Gasteiger partial charge in [0.25, 0.3) is 0 Å². The van der Waals surface area contributed by atoms with E-state index >= 15 is 0 Å².